The maximum absolute atomic E-state index is 12.2. The summed E-state index contributed by atoms with van der Waals surface area (Å²) in [4.78, 5) is 29.6. The topological polar surface area (TPSA) is 71.5 Å². The number of aromatic nitrogens is 1. The van der Waals surface area contributed by atoms with Crippen LogP contribution >= 0.6 is 11.6 Å². The highest BCUT2D eigenvalue weighted by Gasteiger charge is 2.19. The predicted molar refractivity (Wildman–Crippen MR) is 86.3 cm³/mol. The molecule has 0 fully saturated rings. The van der Waals surface area contributed by atoms with Crippen LogP contribution in [0.4, 0.5) is 10.5 Å². The number of nitrogens with zero attached hydrogens (tertiary/aromatic N) is 2. The molecule has 0 aromatic carbocycles. The maximum Gasteiger partial charge on any atom is 0.412 e. The minimum atomic E-state index is -0.665. The fourth-order valence-corrected chi connectivity index (χ4v) is 1.61. The van der Waals surface area contributed by atoms with Gasteiger partial charge in [-0.2, -0.15) is 0 Å². The maximum atomic E-state index is 12.2. The van der Waals surface area contributed by atoms with E-state index in [0.29, 0.717) is 0 Å². The number of rotatable bonds is 4. The van der Waals surface area contributed by atoms with Crippen molar-refractivity contribution in [2.24, 2.45) is 0 Å². The lowest BCUT2D eigenvalue weighted by atomic mass is 10.1. The highest BCUT2D eigenvalue weighted by atomic mass is 35.5. The van der Waals surface area contributed by atoms with Crippen molar-refractivity contribution in [1.29, 1.82) is 0 Å². The zero-order valence-electron chi connectivity index (χ0n) is 13.3. The molecule has 22 heavy (non-hydrogen) atoms. The van der Waals surface area contributed by atoms with Gasteiger partial charge in [0.25, 0.3) is 0 Å². The van der Waals surface area contributed by atoms with Crippen molar-refractivity contribution < 1.29 is 14.3 Å². The van der Waals surface area contributed by atoms with Gasteiger partial charge in [0.15, 0.2) is 5.78 Å². The Bertz CT molecular complexity index is 592. The van der Waals surface area contributed by atoms with E-state index in [9.17, 15) is 9.59 Å². The molecule has 0 saturated heterocycles. The van der Waals surface area contributed by atoms with Crippen LogP contribution in [0.15, 0.2) is 24.5 Å². The summed E-state index contributed by atoms with van der Waals surface area (Å²) in [6, 6.07) is 1.40. The van der Waals surface area contributed by atoms with Crippen LogP contribution in [0.3, 0.4) is 0 Å². The van der Waals surface area contributed by atoms with Crippen LogP contribution in [0.1, 0.15) is 31.1 Å². The predicted octanol–water partition coefficient (Wildman–Crippen LogP) is 3.34. The number of carbonyl (C=O) groups is 2. The molecule has 1 aromatic rings. The molecule has 7 heteroatoms. The largest absolute Gasteiger partial charge is 0.444 e. The quantitative estimate of drug-likeness (QED) is 0.522. The van der Waals surface area contributed by atoms with Gasteiger partial charge in [-0.05, 0) is 26.8 Å². The third-order valence-corrected chi connectivity index (χ3v) is 2.50. The van der Waals surface area contributed by atoms with E-state index < -0.39 is 11.7 Å². The monoisotopic (exact) mass is 325 g/mol. The lowest BCUT2D eigenvalue weighted by molar-refractivity contribution is 0.0636. The third kappa shape index (κ3) is 6.13. The first-order valence-electron chi connectivity index (χ1n) is 6.63. The summed E-state index contributed by atoms with van der Waals surface area (Å²) in [5.74, 6) is -0.302. The fourth-order valence-electron chi connectivity index (χ4n) is 1.45. The molecular formula is C15H20ClN3O3. The average molecular weight is 326 g/mol. The number of carbonyl (C=O) groups excluding carboxylic acids is 2. The van der Waals surface area contributed by atoms with Gasteiger partial charge in [0, 0.05) is 26.4 Å². The number of pyridine rings is 1. The van der Waals surface area contributed by atoms with E-state index in [1.54, 1.807) is 46.0 Å². The summed E-state index contributed by atoms with van der Waals surface area (Å²) in [7, 11) is 3.59. The van der Waals surface area contributed by atoms with E-state index >= 15 is 0 Å². The number of ether oxygens (including phenoxy) is 1. The SMILES string of the molecule is CN(C)/C=C/C(=O)c1cc(Cl)ncc1NC(=O)OC(C)(C)C. The fraction of sp³-hybridized carbons (Fsp3) is 0.400. The molecule has 0 spiro atoms. The van der Waals surface area contributed by atoms with Crippen molar-refractivity contribution in [3.8, 4) is 0 Å². The molecule has 1 aromatic heterocycles. The molecular weight excluding hydrogens is 306 g/mol. The van der Waals surface area contributed by atoms with Crippen LogP contribution in [0, 0.1) is 0 Å². The van der Waals surface area contributed by atoms with Crippen molar-refractivity contribution in [2.45, 2.75) is 26.4 Å². The summed E-state index contributed by atoms with van der Waals surface area (Å²) in [5, 5.41) is 2.68. The van der Waals surface area contributed by atoms with Crippen molar-refractivity contribution >= 4 is 29.2 Å². The standard InChI is InChI=1S/C15H20ClN3O3/c1-15(2,3)22-14(21)18-11-9-17-13(16)8-10(11)12(20)6-7-19(4)5/h6-9H,1-5H3,(H,18,21)/b7-6+. The zero-order valence-corrected chi connectivity index (χ0v) is 14.1. The first kappa shape index (κ1) is 18.0. The molecule has 120 valence electrons. The smallest absolute Gasteiger partial charge is 0.412 e. The zero-order chi connectivity index (χ0) is 16.9. The molecule has 1 amide bonds. The first-order chi connectivity index (χ1) is 10.1. The Morgan fingerprint density at radius 3 is 2.55 bits per heavy atom. The minimum absolute atomic E-state index is 0.163. The summed E-state index contributed by atoms with van der Waals surface area (Å²) < 4.78 is 5.16. The van der Waals surface area contributed by atoms with Gasteiger partial charge in [0.05, 0.1) is 17.4 Å². The Labute approximate surface area is 135 Å². The first-order valence-corrected chi connectivity index (χ1v) is 7.01. The van der Waals surface area contributed by atoms with E-state index in [-0.39, 0.29) is 22.2 Å². The van der Waals surface area contributed by atoms with Gasteiger partial charge in [-0.15, -0.1) is 0 Å². The lowest BCUT2D eigenvalue weighted by Gasteiger charge is -2.20. The number of anilines is 1. The highest BCUT2D eigenvalue weighted by Crippen LogP contribution is 2.20. The second-order valence-electron chi connectivity index (χ2n) is 5.82. The van der Waals surface area contributed by atoms with Gasteiger partial charge in [-0.1, -0.05) is 11.6 Å². The van der Waals surface area contributed by atoms with Crippen LogP contribution in [0.25, 0.3) is 0 Å². The second kappa shape index (κ2) is 7.26. The van der Waals surface area contributed by atoms with Gasteiger partial charge in [-0.3, -0.25) is 10.1 Å². The normalized spacial score (nSPS) is 11.4. The number of amides is 1. The molecule has 0 unspecified atom stereocenters. The number of allylic oxidation sites excluding steroid dienone is 1. The lowest BCUT2D eigenvalue weighted by Crippen LogP contribution is -2.27. The Morgan fingerprint density at radius 2 is 2.00 bits per heavy atom. The number of nitrogens with one attached hydrogen (secondary N) is 1. The van der Waals surface area contributed by atoms with E-state index in [4.69, 9.17) is 16.3 Å². The summed E-state index contributed by atoms with van der Waals surface area (Å²) in [6.07, 6.45) is 3.64. The van der Waals surface area contributed by atoms with Gasteiger partial charge in [-0.25, -0.2) is 9.78 Å². The van der Waals surface area contributed by atoms with Crippen molar-refractivity contribution in [1.82, 2.24) is 9.88 Å². The van der Waals surface area contributed by atoms with Gasteiger partial charge in [0.2, 0.25) is 0 Å². The Balaban J connectivity index is 3.01. The molecule has 0 radical (unpaired) electrons. The number of ketones is 1. The van der Waals surface area contributed by atoms with Gasteiger partial charge >= 0.3 is 6.09 Å². The number of halogens is 1. The van der Waals surface area contributed by atoms with Crippen molar-refractivity contribution in [3.05, 3.63) is 35.3 Å². The molecule has 0 bridgehead atoms. The van der Waals surface area contributed by atoms with Crippen LogP contribution in [0.5, 0.6) is 0 Å². The molecule has 1 rings (SSSR count). The molecule has 6 nitrogen and oxygen atoms in total. The molecule has 0 saturated carbocycles. The second-order valence-corrected chi connectivity index (χ2v) is 6.21. The Morgan fingerprint density at radius 1 is 1.36 bits per heavy atom. The molecule has 1 N–H and O–H groups in total. The molecule has 0 aliphatic carbocycles. The van der Waals surface area contributed by atoms with Crippen molar-refractivity contribution in [3.63, 3.8) is 0 Å². The van der Waals surface area contributed by atoms with E-state index in [1.165, 1.54) is 18.3 Å². The number of hydrogen-bond acceptors (Lipinski definition) is 5. The highest BCUT2D eigenvalue weighted by molar-refractivity contribution is 6.30. The van der Waals surface area contributed by atoms with Crippen LogP contribution in [-0.2, 0) is 4.74 Å². The van der Waals surface area contributed by atoms with E-state index in [2.05, 4.69) is 10.3 Å². The van der Waals surface area contributed by atoms with Crippen LogP contribution < -0.4 is 5.32 Å². The van der Waals surface area contributed by atoms with E-state index in [0.717, 1.165) is 0 Å². The van der Waals surface area contributed by atoms with Crippen LogP contribution in [-0.4, -0.2) is 41.5 Å². The van der Waals surface area contributed by atoms with Gasteiger partial charge < -0.3 is 9.64 Å². The summed E-state index contributed by atoms with van der Waals surface area (Å²) in [6.45, 7) is 5.25. The number of hydrogen-bond donors (Lipinski definition) is 1. The van der Waals surface area contributed by atoms with Crippen LogP contribution in [0.2, 0.25) is 5.15 Å². The summed E-state index contributed by atoms with van der Waals surface area (Å²) in [5.41, 5.74) is -0.158. The Hall–Kier alpha value is -2.08. The third-order valence-electron chi connectivity index (χ3n) is 2.30. The molecule has 0 aliphatic heterocycles. The molecule has 1 heterocycles. The minimum Gasteiger partial charge on any atom is -0.444 e. The summed E-state index contributed by atoms with van der Waals surface area (Å²) >= 11 is 5.82. The van der Waals surface area contributed by atoms with Gasteiger partial charge in [0.1, 0.15) is 10.8 Å². The average Bonchev–Trinajstić information content (AvgIpc) is 2.35. The Kier molecular flexibility index (Phi) is 5.93. The van der Waals surface area contributed by atoms with E-state index in [1.807, 2.05) is 0 Å². The molecule has 0 aliphatic rings. The van der Waals surface area contributed by atoms with Crippen molar-refractivity contribution in [2.75, 3.05) is 19.4 Å². The molecule has 0 atom stereocenters.